The molecule has 1 fully saturated rings. The van der Waals surface area contributed by atoms with E-state index in [1.54, 1.807) is 0 Å². The molecule has 0 bridgehead atoms. The first-order valence-corrected chi connectivity index (χ1v) is 6.86. The van der Waals surface area contributed by atoms with Crippen molar-refractivity contribution in [2.45, 2.75) is 38.0 Å². The highest BCUT2D eigenvalue weighted by molar-refractivity contribution is 5.53. The van der Waals surface area contributed by atoms with E-state index in [2.05, 4.69) is 19.1 Å². The second kappa shape index (κ2) is 4.47. The van der Waals surface area contributed by atoms with Crippen LogP contribution in [-0.2, 0) is 5.41 Å². The lowest BCUT2D eigenvalue weighted by Crippen LogP contribution is -2.33. The van der Waals surface area contributed by atoms with Crippen LogP contribution in [0.3, 0.4) is 0 Å². The van der Waals surface area contributed by atoms with E-state index in [4.69, 9.17) is 15.2 Å². The van der Waals surface area contributed by atoms with Gasteiger partial charge >= 0.3 is 0 Å². The minimum atomic E-state index is 0.108. The molecule has 0 spiro atoms. The van der Waals surface area contributed by atoms with Gasteiger partial charge in [-0.15, -0.1) is 0 Å². The summed E-state index contributed by atoms with van der Waals surface area (Å²) in [6, 6.07) is 4.31. The summed E-state index contributed by atoms with van der Waals surface area (Å²) < 4.78 is 11.6. The van der Waals surface area contributed by atoms with Crippen LogP contribution in [0.4, 0.5) is 0 Å². The van der Waals surface area contributed by atoms with Crippen LogP contribution >= 0.6 is 0 Å². The van der Waals surface area contributed by atoms with E-state index in [9.17, 15) is 0 Å². The Morgan fingerprint density at radius 3 is 2.61 bits per heavy atom. The van der Waals surface area contributed by atoms with E-state index >= 15 is 0 Å². The number of benzene rings is 1. The van der Waals surface area contributed by atoms with Crippen molar-refractivity contribution in [2.24, 2.45) is 5.73 Å². The summed E-state index contributed by atoms with van der Waals surface area (Å²) in [6.07, 6.45) is 4.87. The lowest BCUT2D eigenvalue weighted by Gasteiger charge is -2.32. The summed E-state index contributed by atoms with van der Waals surface area (Å²) in [5, 5.41) is 0. The molecule has 0 unspecified atom stereocenters. The maximum atomic E-state index is 6.09. The Morgan fingerprint density at radius 2 is 1.89 bits per heavy atom. The highest BCUT2D eigenvalue weighted by Gasteiger charge is 2.38. The van der Waals surface area contributed by atoms with Crippen LogP contribution in [0.5, 0.6) is 11.5 Å². The molecule has 3 heteroatoms. The van der Waals surface area contributed by atoms with Gasteiger partial charge in [-0.2, -0.15) is 0 Å². The zero-order chi connectivity index (χ0) is 12.6. The number of ether oxygens (including phenoxy) is 2. The molecular weight excluding hydrogens is 226 g/mol. The highest BCUT2D eigenvalue weighted by Crippen LogP contribution is 2.48. The third-order valence-electron chi connectivity index (χ3n) is 4.31. The first-order chi connectivity index (χ1) is 8.75. The van der Waals surface area contributed by atoms with Crippen LogP contribution in [0, 0.1) is 6.92 Å². The molecule has 3 rings (SSSR count). The fourth-order valence-corrected chi connectivity index (χ4v) is 3.32. The van der Waals surface area contributed by atoms with E-state index < -0.39 is 0 Å². The van der Waals surface area contributed by atoms with Crippen LogP contribution in [0.25, 0.3) is 0 Å². The molecule has 1 aromatic rings. The molecule has 0 aromatic heterocycles. The van der Waals surface area contributed by atoms with Crippen LogP contribution in [0.1, 0.15) is 36.8 Å². The molecule has 1 aliphatic carbocycles. The molecule has 0 saturated heterocycles. The van der Waals surface area contributed by atoms with Gasteiger partial charge in [0.15, 0.2) is 11.5 Å². The molecule has 3 nitrogen and oxygen atoms in total. The van der Waals surface area contributed by atoms with Crippen LogP contribution in [0.2, 0.25) is 0 Å². The summed E-state index contributed by atoms with van der Waals surface area (Å²) >= 11 is 0. The minimum absolute atomic E-state index is 0.108. The largest absolute Gasteiger partial charge is 0.486 e. The third kappa shape index (κ3) is 1.77. The van der Waals surface area contributed by atoms with Gasteiger partial charge in [0.1, 0.15) is 13.2 Å². The fourth-order valence-electron chi connectivity index (χ4n) is 3.32. The minimum Gasteiger partial charge on any atom is -0.486 e. The van der Waals surface area contributed by atoms with Gasteiger partial charge < -0.3 is 15.2 Å². The summed E-state index contributed by atoms with van der Waals surface area (Å²) in [7, 11) is 0. The molecular formula is C15H21NO2. The Labute approximate surface area is 108 Å². The molecule has 0 radical (unpaired) electrons. The number of hydrogen-bond acceptors (Lipinski definition) is 3. The van der Waals surface area contributed by atoms with Gasteiger partial charge in [0, 0.05) is 17.5 Å². The van der Waals surface area contributed by atoms with Crippen LogP contribution in [0.15, 0.2) is 12.1 Å². The SMILES string of the molecule is Cc1cc2c(c(C3(CN)CCCC3)c1)OCCO2. The summed E-state index contributed by atoms with van der Waals surface area (Å²) in [4.78, 5) is 0. The third-order valence-corrected chi connectivity index (χ3v) is 4.31. The molecule has 1 heterocycles. The molecule has 1 saturated carbocycles. The number of rotatable bonds is 2. The van der Waals surface area contributed by atoms with Gasteiger partial charge in [-0.1, -0.05) is 18.9 Å². The molecule has 18 heavy (non-hydrogen) atoms. The van der Waals surface area contributed by atoms with E-state index in [0.29, 0.717) is 19.8 Å². The predicted octanol–water partition coefficient (Wildman–Crippen LogP) is 2.54. The Balaban J connectivity index is 2.12. The summed E-state index contributed by atoms with van der Waals surface area (Å²) in [6.45, 7) is 4.10. The number of nitrogens with two attached hydrogens (primary N) is 1. The van der Waals surface area contributed by atoms with E-state index in [1.165, 1.54) is 36.8 Å². The maximum absolute atomic E-state index is 6.09. The zero-order valence-corrected chi connectivity index (χ0v) is 11.0. The van der Waals surface area contributed by atoms with Gasteiger partial charge in [0.2, 0.25) is 0 Å². The van der Waals surface area contributed by atoms with Crippen molar-refractivity contribution in [3.05, 3.63) is 23.3 Å². The number of hydrogen-bond donors (Lipinski definition) is 1. The predicted molar refractivity (Wildman–Crippen MR) is 71.4 cm³/mol. The average Bonchev–Trinajstić information content (AvgIpc) is 2.87. The van der Waals surface area contributed by atoms with Gasteiger partial charge in [0.05, 0.1) is 0 Å². The van der Waals surface area contributed by atoms with Crippen molar-refractivity contribution >= 4 is 0 Å². The van der Waals surface area contributed by atoms with Crippen molar-refractivity contribution in [3.63, 3.8) is 0 Å². The first-order valence-electron chi connectivity index (χ1n) is 6.86. The van der Waals surface area contributed by atoms with Crippen molar-refractivity contribution in [3.8, 4) is 11.5 Å². The van der Waals surface area contributed by atoms with Crippen molar-refractivity contribution in [2.75, 3.05) is 19.8 Å². The monoisotopic (exact) mass is 247 g/mol. The van der Waals surface area contributed by atoms with Crippen LogP contribution in [-0.4, -0.2) is 19.8 Å². The molecule has 2 aliphatic rings. The molecule has 2 N–H and O–H groups in total. The maximum Gasteiger partial charge on any atom is 0.165 e. The Morgan fingerprint density at radius 1 is 1.17 bits per heavy atom. The van der Waals surface area contributed by atoms with Gasteiger partial charge in [-0.3, -0.25) is 0 Å². The normalized spacial score (nSPS) is 21.0. The first kappa shape index (κ1) is 11.8. The fraction of sp³-hybridized carbons (Fsp3) is 0.600. The van der Waals surface area contributed by atoms with Gasteiger partial charge in [-0.25, -0.2) is 0 Å². The summed E-state index contributed by atoms with van der Waals surface area (Å²) in [5.74, 6) is 1.84. The summed E-state index contributed by atoms with van der Waals surface area (Å²) in [5.41, 5.74) is 8.70. The smallest absolute Gasteiger partial charge is 0.165 e. The quantitative estimate of drug-likeness (QED) is 0.873. The standard InChI is InChI=1S/C15H21NO2/c1-11-8-12(15(10-16)4-2-3-5-15)14-13(9-11)17-6-7-18-14/h8-9H,2-7,10,16H2,1H3. The van der Waals surface area contributed by atoms with Crippen molar-refractivity contribution < 1.29 is 9.47 Å². The topological polar surface area (TPSA) is 44.5 Å². The van der Waals surface area contributed by atoms with Crippen LogP contribution < -0.4 is 15.2 Å². The zero-order valence-electron chi connectivity index (χ0n) is 11.0. The Hall–Kier alpha value is -1.22. The molecule has 0 atom stereocenters. The van der Waals surface area contributed by atoms with E-state index in [1.807, 2.05) is 0 Å². The number of fused-ring (bicyclic) bond motifs is 1. The molecule has 1 aromatic carbocycles. The second-order valence-electron chi connectivity index (χ2n) is 5.53. The number of aryl methyl sites for hydroxylation is 1. The second-order valence-corrected chi connectivity index (χ2v) is 5.53. The molecule has 1 aliphatic heterocycles. The lowest BCUT2D eigenvalue weighted by atomic mass is 9.77. The Bertz CT molecular complexity index is 450. The molecule has 98 valence electrons. The van der Waals surface area contributed by atoms with Crippen molar-refractivity contribution in [1.29, 1.82) is 0 Å². The van der Waals surface area contributed by atoms with E-state index in [-0.39, 0.29) is 5.41 Å². The Kier molecular flexibility index (Phi) is 2.94. The molecule has 0 amide bonds. The van der Waals surface area contributed by atoms with Gasteiger partial charge in [-0.05, 0) is 31.4 Å². The highest BCUT2D eigenvalue weighted by atomic mass is 16.6. The van der Waals surface area contributed by atoms with Crippen molar-refractivity contribution in [1.82, 2.24) is 0 Å². The average molecular weight is 247 g/mol. The van der Waals surface area contributed by atoms with Gasteiger partial charge in [0.25, 0.3) is 0 Å². The van der Waals surface area contributed by atoms with E-state index in [0.717, 1.165) is 11.5 Å². The lowest BCUT2D eigenvalue weighted by molar-refractivity contribution is 0.166.